The van der Waals surface area contributed by atoms with Crippen LogP contribution in [-0.2, 0) is 67.0 Å². The first-order valence-electron chi connectivity index (χ1n) is 33.7. The van der Waals surface area contributed by atoms with Crippen LogP contribution < -0.4 is 46.7 Å². The van der Waals surface area contributed by atoms with Crippen molar-refractivity contribution in [3.63, 3.8) is 0 Å². The minimum atomic E-state index is -1.53. The average Bonchev–Trinajstić information content (AvgIpc) is 0.756. The summed E-state index contributed by atoms with van der Waals surface area (Å²) in [6.07, 6.45) is -0.354. The van der Waals surface area contributed by atoms with Gasteiger partial charge < -0.3 is 56.2 Å². The Kier molecular flexibility index (Phi) is 29.2. The lowest BCUT2D eigenvalue weighted by molar-refractivity contribution is -0.384. The van der Waals surface area contributed by atoms with Crippen molar-refractivity contribution in [1.29, 1.82) is 0 Å². The molecule has 100 heavy (non-hydrogen) atoms. The molecule has 536 valence electrons. The fraction of sp³-hybridized carbons (Fsp3) is 0.429. The number of hydrogen-bond donors (Lipinski definition) is 7. The number of nitrogens with zero attached hydrogens (tertiary/aromatic N) is 1. The number of amides is 7. The van der Waals surface area contributed by atoms with Gasteiger partial charge in [0.1, 0.15) is 64.6 Å². The molecule has 7 atom stereocenters. The van der Waals surface area contributed by atoms with E-state index >= 15 is 14.4 Å². The summed E-state index contributed by atoms with van der Waals surface area (Å²) in [5.74, 6) is -4.70. The normalized spacial score (nSPS) is 13.8. The van der Waals surface area contributed by atoms with Crippen molar-refractivity contribution in [2.75, 3.05) is 19.4 Å². The number of non-ortho nitro benzene ring substituents is 1. The predicted octanol–water partition coefficient (Wildman–Crippen LogP) is 10.5. The van der Waals surface area contributed by atoms with Crippen molar-refractivity contribution >= 4 is 65.0 Å². The topological polar surface area (TPSA) is 301 Å². The van der Waals surface area contributed by atoms with Gasteiger partial charge in [-0.25, -0.2) is 9.59 Å². The molecule has 0 aliphatic heterocycles. The number of thioether (sulfide) groups is 1. The number of unbranched alkanes of at least 4 members (excludes halogenated alkanes) is 1. The number of carbonyl (C=O) groups is 8. The van der Waals surface area contributed by atoms with E-state index in [1.807, 2.05) is 139 Å². The Morgan fingerprint density at radius 1 is 0.490 bits per heavy atom. The summed E-state index contributed by atoms with van der Waals surface area (Å²) in [6.45, 7) is 21.6. The number of alkyl carbamates (subject to hydrolysis) is 1. The minimum absolute atomic E-state index is 0.0129. The lowest BCUT2D eigenvalue weighted by atomic mass is 9.84. The standard InChI is InChI=1S/C77H98N8O14S/c1-14-50(2)66(84-70(90)65(79-51(3)86)49-100-77(55-26-18-15-19-27-55,56-28-20-16-21-29-56)57-30-22-17-23-31-57)71(91)82-63(46-52-33-39-58(40-34-52)85(94)95)68(88)80-61(32-24-25-45-78-73(93)99-76(10,11)12)67(87)81-62(47-53-35-41-59(42-36-53)97-74(4,5)6)69(89)83-64(72(92)96-13)48-54-37-43-60(44-38-54)98-75(7,8)9/h15-23,26-31,33-44,50,61-66H,14,24-25,32,45-49H2,1-13H3,(H,78,93)(H,79,86)(H,80,88)(H,81,87)(H,82,91)(H,83,89)(H,84,90). The number of methoxy groups -OCH3 is 1. The number of carbonyl (C=O) groups excluding carboxylic acids is 8. The summed E-state index contributed by atoms with van der Waals surface area (Å²) >= 11 is 1.43. The number of esters is 1. The van der Waals surface area contributed by atoms with Crippen molar-refractivity contribution < 1.29 is 62.2 Å². The Bertz CT molecular complexity index is 3580. The molecule has 6 aromatic carbocycles. The van der Waals surface area contributed by atoms with E-state index in [0.29, 0.717) is 34.6 Å². The molecular weight excluding hydrogens is 1290 g/mol. The molecule has 23 heteroatoms. The maximum atomic E-state index is 15.3. The number of rotatable bonds is 34. The van der Waals surface area contributed by atoms with Gasteiger partial charge in [-0.05, 0) is 145 Å². The maximum Gasteiger partial charge on any atom is 0.407 e. The quantitative estimate of drug-likeness (QED) is 0.00650. The zero-order chi connectivity index (χ0) is 73.4. The molecule has 0 saturated heterocycles. The van der Waals surface area contributed by atoms with E-state index in [4.69, 9.17) is 18.9 Å². The number of benzene rings is 6. The first kappa shape index (κ1) is 79.2. The van der Waals surface area contributed by atoms with Gasteiger partial charge in [0, 0.05) is 50.6 Å². The Hall–Kier alpha value is -9.77. The molecule has 0 aromatic heterocycles. The summed E-state index contributed by atoms with van der Waals surface area (Å²) in [5.41, 5.74) is 2.28. The second-order valence-electron chi connectivity index (χ2n) is 27.7. The molecule has 0 bridgehead atoms. The van der Waals surface area contributed by atoms with Crippen LogP contribution in [0.15, 0.2) is 164 Å². The molecule has 7 amide bonds. The summed E-state index contributed by atoms with van der Waals surface area (Å²) in [6, 6.07) is 40.5. The van der Waals surface area contributed by atoms with Crippen LogP contribution in [0.2, 0.25) is 0 Å². The van der Waals surface area contributed by atoms with Gasteiger partial charge >= 0.3 is 12.1 Å². The predicted molar refractivity (Wildman–Crippen MR) is 386 cm³/mol. The van der Waals surface area contributed by atoms with E-state index < -0.39 is 116 Å². The molecule has 0 saturated carbocycles. The summed E-state index contributed by atoms with van der Waals surface area (Å²) in [5, 5.41) is 31.6. The maximum absolute atomic E-state index is 15.3. The molecule has 0 radical (unpaired) electrons. The monoisotopic (exact) mass is 1390 g/mol. The summed E-state index contributed by atoms with van der Waals surface area (Å²) in [4.78, 5) is 126. The lowest BCUT2D eigenvalue weighted by Crippen LogP contribution is -2.61. The lowest BCUT2D eigenvalue weighted by Gasteiger charge is -2.36. The van der Waals surface area contributed by atoms with Crippen molar-refractivity contribution in [1.82, 2.24) is 37.2 Å². The van der Waals surface area contributed by atoms with Crippen molar-refractivity contribution in [2.45, 2.75) is 186 Å². The number of nitrogens with one attached hydrogen (secondary N) is 7. The summed E-state index contributed by atoms with van der Waals surface area (Å²) in [7, 11) is 1.19. The highest BCUT2D eigenvalue weighted by atomic mass is 32.2. The van der Waals surface area contributed by atoms with Gasteiger partial charge in [0.25, 0.3) is 5.69 Å². The molecule has 0 heterocycles. The number of hydrogen-bond acceptors (Lipinski definition) is 15. The van der Waals surface area contributed by atoms with Crippen LogP contribution >= 0.6 is 11.8 Å². The first-order chi connectivity index (χ1) is 47.3. The third-order valence-electron chi connectivity index (χ3n) is 15.9. The zero-order valence-corrected chi connectivity index (χ0v) is 60.4. The number of nitro groups is 1. The van der Waals surface area contributed by atoms with Gasteiger partial charge in [-0.1, -0.05) is 148 Å². The molecule has 7 N–H and O–H groups in total. The highest BCUT2D eigenvalue weighted by Gasteiger charge is 2.40. The third-order valence-corrected chi connectivity index (χ3v) is 17.6. The molecule has 6 rings (SSSR count). The number of ether oxygens (including phenoxy) is 4. The van der Waals surface area contributed by atoms with Crippen molar-refractivity contribution in [3.05, 3.63) is 207 Å². The van der Waals surface area contributed by atoms with Gasteiger partial charge in [0.2, 0.25) is 35.4 Å². The van der Waals surface area contributed by atoms with Gasteiger partial charge in [-0.15, -0.1) is 11.8 Å². The summed E-state index contributed by atoms with van der Waals surface area (Å²) < 4.78 is 21.8. The van der Waals surface area contributed by atoms with Crippen molar-refractivity contribution in [3.8, 4) is 11.5 Å². The highest BCUT2D eigenvalue weighted by Crippen LogP contribution is 2.48. The van der Waals surface area contributed by atoms with E-state index in [0.717, 1.165) is 16.7 Å². The van der Waals surface area contributed by atoms with Crippen LogP contribution in [0.1, 0.15) is 142 Å². The Morgan fingerprint density at radius 2 is 0.890 bits per heavy atom. The van der Waals surface area contributed by atoms with Crippen LogP contribution in [0.4, 0.5) is 10.5 Å². The van der Waals surface area contributed by atoms with E-state index in [-0.39, 0.29) is 56.5 Å². The molecular formula is C77H98N8O14S. The van der Waals surface area contributed by atoms with Crippen LogP contribution in [0.25, 0.3) is 0 Å². The first-order valence-corrected chi connectivity index (χ1v) is 34.7. The van der Waals surface area contributed by atoms with E-state index in [1.165, 1.54) is 50.1 Å². The van der Waals surface area contributed by atoms with Gasteiger partial charge in [-0.2, -0.15) is 0 Å². The molecule has 6 aromatic rings. The largest absolute Gasteiger partial charge is 0.488 e. The van der Waals surface area contributed by atoms with Gasteiger partial charge in [0.05, 0.1) is 16.8 Å². The molecule has 0 spiro atoms. The Balaban J connectivity index is 1.35. The molecule has 22 nitrogen and oxygen atoms in total. The Labute approximate surface area is 591 Å². The number of nitro benzene ring substituents is 1. The molecule has 0 fully saturated rings. The SMILES string of the molecule is CCC(C)C(NC(=O)C(CSC(c1ccccc1)(c1ccccc1)c1ccccc1)NC(C)=O)C(=O)NC(Cc1ccc([N+](=O)[O-])cc1)C(=O)NC(CCCCNC(=O)OC(C)(C)C)C(=O)NC(Cc1ccc(OC(C)(C)C)cc1)C(=O)NC(Cc1ccc(OC(C)(C)C)cc1)C(=O)OC. The average molecular weight is 1390 g/mol. The molecule has 0 aliphatic rings. The van der Waals surface area contributed by atoms with E-state index in [1.54, 1.807) is 76.2 Å². The Morgan fingerprint density at radius 3 is 1.30 bits per heavy atom. The van der Waals surface area contributed by atoms with E-state index in [9.17, 15) is 34.1 Å². The van der Waals surface area contributed by atoms with Crippen molar-refractivity contribution in [2.24, 2.45) is 5.92 Å². The smallest absolute Gasteiger partial charge is 0.407 e. The van der Waals surface area contributed by atoms with Crippen LogP contribution in [-0.4, -0.2) is 125 Å². The third kappa shape index (κ3) is 25.2. The van der Waals surface area contributed by atoms with Crippen LogP contribution in [0.3, 0.4) is 0 Å². The fourth-order valence-electron chi connectivity index (χ4n) is 11.0. The van der Waals surface area contributed by atoms with Crippen LogP contribution in [0, 0.1) is 16.0 Å². The highest BCUT2D eigenvalue weighted by molar-refractivity contribution is 8.00. The fourth-order valence-corrected chi connectivity index (χ4v) is 12.6. The second kappa shape index (κ2) is 36.9. The second-order valence-corrected chi connectivity index (χ2v) is 28.9. The zero-order valence-electron chi connectivity index (χ0n) is 59.6. The molecule has 0 aliphatic carbocycles. The van der Waals surface area contributed by atoms with E-state index in [2.05, 4.69) is 37.2 Å². The van der Waals surface area contributed by atoms with Crippen LogP contribution in [0.5, 0.6) is 11.5 Å². The minimum Gasteiger partial charge on any atom is -0.488 e. The molecule has 7 unspecified atom stereocenters. The van der Waals surface area contributed by atoms with Gasteiger partial charge in [0.15, 0.2) is 0 Å². The van der Waals surface area contributed by atoms with Gasteiger partial charge in [-0.3, -0.25) is 38.9 Å².